The number of tetrazole rings is 1. The number of carbonyl (C=O) groups is 1. The SMILES string of the molecule is CCN1CCN(S(=O)(=O)c2cccc(NC(=O)Cn3nnc(-c4ccccc4)n3)c2)CC1. The zero-order valence-corrected chi connectivity index (χ0v) is 18.6. The van der Waals surface area contributed by atoms with Gasteiger partial charge < -0.3 is 10.2 Å². The molecule has 2 heterocycles. The van der Waals surface area contributed by atoms with Crippen molar-refractivity contribution in [1.29, 1.82) is 0 Å². The van der Waals surface area contributed by atoms with Crippen molar-refractivity contribution in [2.24, 2.45) is 0 Å². The Morgan fingerprint density at radius 3 is 2.50 bits per heavy atom. The molecule has 32 heavy (non-hydrogen) atoms. The first-order valence-corrected chi connectivity index (χ1v) is 11.9. The molecule has 1 aliphatic heterocycles. The van der Waals surface area contributed by atoms with Crippen molar-refractivity contribution in [2.75, 3.05) is 38.0 Å². The summed E-state index contributed by atoms with van der Waals surface area (Å²) in [5.41, 5.74) is 1.20. The molecule has 3 aromatic rings. The summed E-state index contributed by atoms with van der Waals surface area (Å²) in [6.07, 6.45) is 0. The van der Waals surface area contributed by atoms with Crippen LogP contribution in [-0.4, -0.2) is 76.5 Å². The molecule has 10 nitrogen and oxygen atoms in total. The van der Waals surface area contributed by atoms with Crippen LogP contribution >= 0.6 is 0 Å². The van der Waals surface area contributed by atoms with Crippen LogP contribution in [0, 0.1) is 0 Å². The van der Waals surface area contributed by atoms with E-state index in [9.17, 15) is 13.2 Å². The highest BCUT2D eigenvalue weighted by atomic mass is 32.2. The zero-order valence-electron chi connectivity index (χ0n) is 17.8. The fourth-order valence-corrected chi connectivity index (χ4v) is 4.98. The quantitative estimate of drug-likeness (QED) is 0.571. The number of sulfonamides is 1. The van der Waals surface area contributed by atoms with Gasteiger partial charge in [-0.25, -0.2) is 8.42 Å². The predicted octanol–water partition coefficient (Wildman–Crippen LogP) is 1.30. The predicted molar refractivity (Wildman–Crippen MR) is 119 cm³/mol. The number of anilines is 1. The molecule has 1 N–H and O–H groups in total. The second kappa shape index (κ2) is 9.55. The van der Waals surface area contributed by atoms with Crippen LogP contribution in [0.15, 0.2) is 59.5 Å². The fourth-order valence-electron chi connectivity index (χ4n) is 3.51. The lowest BCUT2D eigenvalue weighted by Gasteiger charge is -2.33. The minimum Gasteiger partial charge on any atom is -0.324 e. The number of piperazine rings is 1. The van der Waals surface area contributed by atoms with Crippen molar-refractivity contribution >= 4 is 21.6 Å². The minimum absolute atomic E-state index is 0.143. The van der Waals surface area contributed by atoms with E-state index in [1.165, 1.54) is 15.2 Å². The minimum atomic E-state index is -3.62. The van der Waals surface area contributed by atoms with Crippen molar-refractivity contribution < 1.29 is 13.2 Å². The smallest absolute Gasteiger partial charge is 0.248 e. The van der Waals surface area contributed by atoms with E-state index in [4.69, 9.17) is 0 Å². The normalized spacial score (nSPS) is 15.5. The van der Waals surface area contributed by atoms with Gasteiger partial charge in [-0.15, -0.1) is 10.2 Å². The molecule has 1 aliphatic rings. The molecule has 11 heteroatoms. The van der Waals surface area contributed by atoms with E-state index in [0.29, 0.717) is 37.7 Å². The Kier molecular flexibility index (Phi) is 6.58. The molecular formula is C21H25N7O3S. The van der Waals surface area contributed by atoms with Gasteiger partial charge in [-0.05, 0) is 30.0 Å². The average Bonchev–Trinajstić information content (AvgIpc) is 3.28. The maximum Gasteiger partial charge on any atom is 0.248 e. The summed E-state index contributed by atoms with van der Waals surface area (Å²) in [5, 5.41) is 14.8. The standard InChI is InChI=1S/C21H25N7O3S/c1-2-26-11-13-27(14-12-26)32(30,31)19-10-6-9-18(15-19)22-20(29)16-28-24-21(23-25-28)17-7-4-3-5-8-17/h3-10,15H,2,11-14,16H2,1H3,(H,22,29). The molecule has 168 valence electrons. The van der Waals surface area contributed by atoms with E-state index in [2.05, 4.69) is 32.6 Å². The summed E-state index contributed by atoms with van der Waals surface area (Å²) < 4.78 is 27.5. The Labute approximate surface area is 186 Å². The van der Waals surface area contributed by atoms with Gasteiger partial charge in [0, 0.05) is 37.4 Å². The van der Waals surface area contributed by atoms with Crippen LogP contribution < -0.4 is 5.32 Å². The highest BCUT2D eigenvalue weighted by Crippen LogP contribution is 2.21. The van der Waals surface area contributed by atoms with Crippen LogP contribution in [-0.2, 0) is 21.4 Å². The van der Waals surface area contributed by atoms with Crippen LogP contribution in [0.1, 0.15) is 6.92 Å². The third-order valence-corrected chi connectivity index (χ3v) is 7.20. The fraction of sp³-hybridized carbons (Fsp3) is 0.333. The highest BCUT2D eigenvalue weighted by molar-refractivity contribution is 7.89. The van der Waals surface area contributed by atoms with E-state index in [1.807, 2.05) is 30.3 Å². The molecule has 0 radical (unpaired) electrons. The van der Waals surface area contributed by atoms with Gasteiger partial charge in [0.05, 0.1) is 4.90 Å². The topological polar surface area (TPSA) is 113 Å². The third-order valence-electron chi connectivity index (χ3n) is 5.30. The number of amides is 1. The number of hydrogen-bond acceptors (Lipinski definition) is 7. The van der Waals surface area contributed by atoms with Gasteiger partial charge in [0.15, 0.2) is 0 Å². The van der Waals surface area contributed by atoms with Crippen LogP contribution in [0.3, 0.4) is 0 Å². The van der Waals surface area contributed by atoms with Crippen LogP contribution in [0.25, 0.3) is 11.4 Å². The summed E-state index contributed by atoms with van der Waals surface area (Å²) in [6, 6.07) is 15.6. The Bertz CT molecular complexity index is 1170. The second-order valence-electron chi connectivity index (χ2n) is 7.42. The van der Waals surface area contributed by atoms with Crippen molar-refractivity contribution in [3.63, 3.8) is 0 Å². The Morgan fingerprint density at radius 1 is 1.03 bits per heavy atom. The molecule has 0 bridgehead atoms. The van der Waals surface area contributed by atoms with Gasteiger partial charge in [0.2, 0.25) is 21.8 Å². The zero-order chi connectivity index (χ0) is 22.6. The second-order valence-corrected chi connectivity index (χ2v) is 9.36. The van der Waals surface area contributed by atoms with Gasteiger partial charge in [-0.2, -0.15) is 9.10 Å². The number of rotatable bonds is 7. The van der Waals surface area contributed by atoms with E-state index in [1.54, 1.807) is 18.2 Å². The van der Waals surface area contributed by atoms with Gasteiger partial charge in [0.25, 0.3) is 0 Å². The Balaban J connectivity index is 1.41. The molecule has 0 atom stereocenters. The summed E-state index contributed by atoms with van der Waals surface area (Å²) in [4.78, 5) is 16.0. The van der Waals surface area contributed by atoms with Crippen LogP contribution in [0.4, 0.5) is 5.69 Å². The third kappa shape index (κ3) is 5.01. The number of nitrogens with one attached hydrogen (secondary N) is 1. The molecule has 0 spiro atoms. The van der Waals surface area contributed by atoms with E-state index < -0.39 is 10.0 Å². The van der Waals surface area contributed by atoms with Crippen LogP contribution in [0.2, 0.25) is 0 Å². The molecule has 4 rings (SSSR count). The van der Waals surface area contributed by atoms with E-state index in [-0.39, 0.29) is 17.3 Å². The summed E-state index contributed by atoms with van der Waals surface area (Å²) in [6.45, 7) is 5.15. The summed E-state index contributed by atoms with van der Waals surface area (Å²) in [5.74, 6) is 0.0442. The van der Waals surface area contributed by atoms with Crippen molar-refractivity contribution in [3.05, 3.63) is 54.6 Å². The first-order chi connectivity index (χ1) is 15.5. The first-order valence-electron chi connectivity index (χ1n) is 10.4. The number of likely N-dealkylation sites (N-methyl/N-ethyl adjacent to an activating group) is 1. The number of aromatic nitrogens is 4. The summed E-state index contributed by atoms with van der Waals surface area (Å²) >= 11 is 0. The largest absolute Gasteiger partial charge is 0.324 e. The highest BCUT2D eigenvalue weighted by Gasteiger charge is 2.28. The number of nitrogens with zero attached hydrogens (tertiary/aromatic N) is 6. The molecule has 1 saturated heterocycles. The maximum atomic E-state index is 13.0. The maximum absolute atomic E-state index is 13.0. The lowest BCUT2D eigenvalue weighted by Crippen LogP contribution is -2.48. The number of benzene rings is 2. The average molecular weight is 456 g/mol. The van der Waals surface area contributed by atoms with Crippen molar-refractivity contribution in [2.45, 2.75) is 18.4 Å². The molecule has 0 saturated carbocycles. The van der Waals surface area contributed by atoms with E-state index in [0.717, 1.165) is 12.1 Å². The van der Waals surface area contributed by atoms with Crippen LogP contribution in [0.5, 0.6) is 0 Å². The number of hydrogen-bond donors (Lipinski definition) is 1. The first kappa shape index (κ1) is 22.1. The number of carbonyl (C=O) groups excluding carboxylic acids is 1. The molecule has 0 aliphatic carbocycles. The molecule has 1 amide bonds. The van der Waals surface area contributed by atoms with Gasteiger partial charge in [-0.3, -0.25) is 4.79 Å². The molecule has 0 unspecified atom stereocenters. The van der Waals surface area contributed by atoms with Crippen molar-refractivity contribution in [3.8, 4) is 11.4 Å². The Morgan fingerprint density at radius 2 is 1.78 bits per heavy atom. The van der Waals surface area contributed by atoms with Crippen molar-refractivity contribution in [1.82, 2.24) is 29.4 Å². The van der Waals surface area contributed by atoms with Gasteiger partial charge >= 0.3 is 0 Å². The van der Waals surface area contributed by atoms with Gasteiger partial charge in [0.1, 0.15) is 6.54 Å². The Hall–Kier alpha value is -3.15. The molecular weight excluding hydrogens is 430 g/mol. The molecule has 1 fully saturated rings. The molecule has 1 aromatic heterocycles. The van der Waals surface area contributed by atoms with E-state index >= 15 is 0 Å². The lowest BCUT2D eigenvalue weighted by molar-refractivity contribution is -0.117. The van der Waals surface area contributed by atoms with Gasteiger partial charge in [-0.1, -0.05) is 43.3 Å². The monoisotopic (exact) mass is 455 g/mol. The summed E-state index contributed by atoms with van der Waals surface area (Å²) in [7, 11) is -3.62. The molecule has 2 aromatic carbocycles. The lowest BCUT2D eigenvalue weighted by atomic mass is 10.2.